The molecular formula is C6H13NO9. The minimum atomic E-state index is -1.50. The molecule has 0 rings (SSSR count). The predicted molar refractivity (Wildman–Crippen MR) is 48.7 cm³/mol. The van der Waals surface area contributed by atoms with Crippen LogP contribution in [0.3, 0.4) is 0 Å². The van der Waals surface area contributed by atoms with Crippen molar-refractivity contribution in [3.05, 3.63) is 10.1 Å². The fourth-order valence-corrected chi connectivity index (χ4v) is 0. The summed E-state index contributed by atoms with van der Waals surface area (Å²) in [4.78, 5) is 35.4. The Morgan fingerprint density at radius 3 is 0.875 bits per heavy atom. The van der Waals surface area contributed by atoms with Crippen molar-refractivity contribution in [2.75, 3.05) is 0 Å². The summed E-state index contributed by atoms with van der Waals surface area (Å²) in [5.41, 5.74) is 0. The van der Waals surface area contributed by atoms with Crippen LogP contribution in [0.5, 0.6) is 0 Å². The molecule has 0 aliphatic rings. The standard InChI is InChI=1S/3C2H4O2.HNO3/c3*1-2(3)4;2-1(3)4/h3*1H3,(H,3,4);(H,2,3,4). The molecule has 0 atom stereocenters. The van der Waals surface area contributed by atoms with Gasteiger partial charge in [0.15, 0.2) is 0 Å². The minimum Gasteiger partial charge on any atom is -0.481 e. The molecule has 0 aliphatic carbocycles. The van der Waals surface area contributed by atoms with Gasteiger partial charge in [-0.25, -0.2) is 0 Å². The molecule has 0 radical (unpaired) electrons. The molecule has 0 bridgehead atoms. The molecule has 0 aliphatic heterocycles. The molecule has 10 heteroatoms. The highest BCUT2D eigenvalue weighted by molar-refractivity contribution is 5.63. The Balaban J connectivity index is -0.0000000600. The highest BCUT2D eigenvalue weighted by Gasteiger charge is 1.66. The van der Waals surface area contributed by atoms with E-state index in [1.807, 2.05) is 0 Å². The number of rotatable bonds is 0. The van der Waals surface area contributed by atoms with Gasteiger partial charge in [0.05, 0.1) is 0 Å². The van der Waals surface area contributed by atoms with Crippen molar-refractivity contribution in [1.29, 1.82) is 0 Å². The van der Waals surface area contributed by atoms with Gasteiger partial charge in [0.25, 0.3) is 23.0 Å². The van der Waals surface area contributed by atoms with Crippen LogP contribution < -0.4 is 0 Å². The second-order valence-electron chi connectivity index (χ2n) is 1.79. The maximum absolute atomic E-state index is 9.00. The minimum absolute atomic E-state index is 0.833. The molecule has 0 aromatic heterocycles. The summed E-state index contributed by atoms with van der Waals surface area (Å²) >= 11 is 0. The Bertz CT molecular complexity index is 160. The third-order valence-corrected chi connectivity index (χ3v) is 0. The molecule has 96 valence electrons. The normalized spacial score (nSPS) is 6.19. The van der Waals surface area contributed by atoms with Crippen LogP contribution in [0.15, 0.2) is 0 Å². The lowest BCUT2D eigenvalue weighted by molar-refractivity contribution is -0.742. The summed E-state index contributed by atoms with van der Waals surface area (Å²) in [6.45, 7) is 3.25. The Morgan fingerprint density at radius 2 is 0.875 bits per heavy atom. The number of nitrogens with zero attached hydrogens (tertiary/aromatic N) is 1. The van der Waals surface area contributed by atoms with E-state index >= 15 is 0 Å². The quantitative estimate of drug-likeness (QED) is 0.334. The van der Waals surface area contributed by atoms with Crippen molar-refractivity contribution in [2.24, 2.45) is 0 Å². The summed E-state index contributed by atoms with van der Waals surface area (Å²) in [7, 11) is 0. The van der Waals surface area contributed by atoms with Crippen LogP contribution in [0.1, 0.15) is 20.8 Å². The molecular weight excluding hydrogens is 230 g/mol. The first-order valence-corrected chi connectivity index (χ1v) is 3.35. The maximum Gasteiger partial charge on any atom is 0.300 e. The van der Waals surface area contributed by atoms with Gasteiger partial charge in [-0.05, 0) is 0 Å². The van der Waals surface area contributed by atoms with Crippen molar-refractivity contribution >= 4 is 17.9 Å². The molecule has 0 unspecified atom stereocenters. The van der Waals surface area contributed by atoms with Gasteiger partial charge < -0.3 is 20.5 Å². The number of carbonyl (C=O) groups is 3. The van der Waals surface area contributed by atoms with Gasteiger partial charge in [0, 0.05) is 20.8 Å². The summed E-state index contributed by atoms with van der Waals surface area (Å²) < 4.78 is 0. The molecule has 4 N–H and O–H groups in total. The predicted octanol–water partition coefficient (Wildman–Crippen LogP) is -0.0750. The van der Waals surface area contributed by atoms with E-state index < -0.39 is 23.0 Å². The van der Waals surface area contributed by atoms with Crippen LogP contribution in [-0.4, -0.2) is 43.5 Å². The summed E-state index contributed by atoms with van der Waals surface area (Å²) in [5.74, 6) is -2.50. The molecule has 0 aromatic rings. The zero-order valence-electron chi connectivity index (χ0n) is 8.78. The molecule has 0 saturated heterocycles. The third kappa shape index (κ3) is 229. The highest BCUT2D eigenvalue weighted by Crippen LogP contribution is 1.42. The second-order valence-corrected chi connectivity index (χ2v) is 1.79. The first kappa shape index (κ1) is 23.4. The zero-order chi connectivity index (χ0) is 14.3. The van der Waals surface area contributed by atoms with Crippen LogP contribution in [0.4, 0.5) is 0 Å². The molecule has 0 aromatic carbocycles. The number of carboxylic acids is 3. The summed E-state index contributed by atoms with van der Waals surface area (Å²) in [6.07, 6.45) is 0. The van der Waals surface area contributed by atoms with E-state index in [2.05, 4.69) is 0 Å². The lowest BCUT2D eigenvalue weighted by atomic mass is 10.9. The summed E-state index contributed by atoms with van der Waals surface area (Å²) in [5, 5.41) is 35.9. The van der Waals surface area contributed by atoms with Crippen LogP contribution in [0.25, 0.3) is 0 Å². The monoisotopic (exact) mass is 243 g/mol. The summed E-state index contributed by atoms with van der Waals surface area (Å²) in [6, 6.07) is 0. The molecule has 10 nitrogen and oxygen atoms in total. The van der Waals surface area contributed by atoms with Crippen LogP contribution >= 0.6 is 0 Å². The van der Waals surface area contributed by atoms with E-state index in [-0.39, 0.29) is 0 Å². The lowest BCUT2D eigenvalue weighted by Crippen LogP contribution is -1.81. The topological polar surface area (TPSA) is 175 Å². The number of hydrogen-bond acceptors (Lipinski definition) is 5. The van der Waals surface area contributed by atoms with Gasteiger partial charge >= 0.3 is 0 Å². The Labute approximate surface area is 89.8 Å². The molecule has 0 saturated carbocycles. The molecule has 0 spiro atoms. The Hall–Kier alpha value is -2.39. The van der Waals surface area contributed by atoms with E-state index in [4.69, 9.17) is 45.0 Å². The number of carboxylic acid groups (broad SMARTS) is 3. The van der Waals surface area contributed by atoms with E-state index in [1.165, 1.54) is 0 Å². The van der Waals surface area contributed by atoms with Crippen molar-refractivity contribution in [3.8, 4) is 0 Å². The first-order chi connectivity index (χ1) is 6.93. The average molecular weight is 243 g/mol. The first-order valence-electron chi connectivity index (χ1n) is 3.35. The second kappa shape index (κ2) is 18.4. The van der Waals surface area contributed by atoms with Crippen molar-refractivity contribution in [1.82, 2.24) is 0 Å². The third-order valence-electron chi connectivity index (χ3n) is 0. The van der Waals surface area contributed by atoms with Crippen LogP contribution in [0, 0.1) is 10.1 Å². The average Bonchev–Trinajstić information content (AvgIpc) is 1.76. The van der Waals surface area contributed by atoms with E-state index in [0.717, 1.165) is 20.8 Å². The van der Waals surface area contributed by atoms with Crippen LogP contribution in [-0.2, 0) is 14.4 Å². The number of aliphatic carboxylic acids is 3. The van der Waals surface area contributed by atoms with Crippen molar-refractivity contribution < 1.29 is 40.0 Å². The smallest absolute Gasteiger partial charge is 0.300 e. The Morgan fingerprint density at radius 1 is 0.875 bits per heavy atom. The molecule has 0 heterocycles. The lowest BCUT2D eigenvalue weighted by Gasteiger charge is -1.59. The van der Waals surface area contributed by atoms with E-state index in [9.17, 15) is 0 Å². The van der Waals surface area contributed by atoms with Gasteiger partial charge in [-0.3, -0.25) is 14.4 Å². The number of hydrogen-bond donors (Lipinski definition) is 4. The van der Waals surface area contributed by atoms with Gasteiger partial charge in [0.2, 0.25) is 0 Å². The van der Waals surface area contributed by atoms with Gasteiger partial charge in [-0.2, -0.15) is 0 Å². The highest BCUT2D eigenvalue weighted by atomic mass is 16.9. The largest absolute Gasteiger partial charge is 0.481 e. The Kier molecular flexibility index (Phi) is 27.0. The van der Waals surface area contributed by atoms with Gasteiger partial charge in [-0.1, -0.05) is 0 Å². The van der Waals surface area contributed by atoms with Gasteiger partial charge in [0.1, 0.15) is 0 Å². The molecule has 0 fully saturated rings. The van der Waals surface area contributed by atoms with Crippen molar-refractivity contribution in [3.63, 3.8) is 0 Å². The zero-order valence-corrected chi connectivity index (χ0v) is 8.78. The van der Waals surface area contributed by atoms with E-state index in [1.54, 1.807) is 0 Å². The molecule has 16 heavy (non-hydrogen) atoms. The van der Waals surface area contributed by atoms with Crippen molar-refractivity contribution in [2.45, 2.75) is 20.8 Å². The van der Waals surface area contributed by atoms with Gasteiger partial charge in [-0.15, -0.1) is 10.1 Å². The maximum atomic E-state index is 9.00. The fraction of sp³-hybridized carbons (Fsp3) is 0.500. The van der Waals surface area contributed by atoms with Crippen LogP contribution in [0.2, 0.25) is 0 Å². The SMILES string of the molecule is CC(=O)O.CC(=O)O.CC(=O)O.O=[N+]([O-])O. The fourth-order valence-electron chi connectivity index (χ4n) is 0. The molecule has 0 amide bonds. The van der Waals surface area contributed by atoms with E-state index in [0.29, 0.717) is 0 Å².